The van der Waals surface area contributed by atoms with Crippen molar-refractivity contribution in [1.29, 1.82) is 0 Å². The predicted octanol–water partition coefficient (Wildman–Crippen LogP) is 1.90. The maximum atomic E-state index is 12.7. The molecule has 1 saturated carbocycles. The van der Waals surface area contributed by atoms with Crippen LogP contribution in [-0.4, -0.2) is 17.0 Å². The van der Waals surface area contributed by atoms with E-state index >= 15 is 0 Å². The van der Waals surface area contributed by atoms with Crippen LogP contribution in [0.5, 0.6) is 0 Å². The average Bonchev–Trinajstić information content (AvgIpc) is 1.85. The summed E-state index contributed by atoms with van der Waals surface area (Å²) in [7, 11) is 0. The van der Waals surface area contributed by atoms with Gasteiger partial charge in [-0.3, -0.25) is 4.79 Å². The van der Waals surface area contributed by atoms with E-state index in [1.54, 1.807) is 0 Å². The molecule has 0 aromatic rings. The first-order chi connectivity index (χ1) is 5.04. The summed E-state index contributed by atoms with van der Waals surface area (Å²) in [6.45, 7) is 0. The van der Waals surface area contributed by atoms with Crippen molar-refractivity contribution in [3.63, 3.8) is 0 Å². The minimum Gasteiger partial charge on any atom is -0.481 e. The molecule has 0 bridgehead atoms. The summed E-state index contributed by atoms with van der Waals surface area (Å²) in [5.74, 6) is -5.80. The van der Waals surface area contributed by atoms with Gasteiger partial charge < -0.3 is 5.11 Å². The summed E-state index contributed by atoms with van der Waals surface area (Å²) in [6.07, 6.45) is 0.885. The molecule has 0 unspecified atom stereocenters. The SMILES string of the molecule is O=C(O)[C@@H]1CCCCC1(F)F. The zero-order valence-corrected chi connectivity index (χ0v) is 6.02. The molecule has 1 N–H and O–H groups in total. The van der Waals surface area contributed by atoms with Crippen LogP contribution in [-0.2, 0) is 4.79 Å². The molecule has 1 aliphatic rings. The molecule has 64 valence electrons. The van der Waals surface area contributed by atoms with Crippen molar-refractivity contribution in [2.24, 2.45) is 5.92 Å². The Kier molecular flexibility index (Phi) is 2.11. The van der Waals surface area contributed by atoms with E-state index in [-0.39, 0.29) is 12.8 Å². The zero-order valence-electron chi connectivity index (χ0n) is 6.02. The quantitative estimate of drug-likeness (QED) is 0.642. The van der Waals surface area contributed by atoms with Crippen molar-refractivity contribution in [1.82, 2.24) is 0 Å². The monoisotopic (exact) mass is 164 g/mol. The smallest absolute Gasteiger partial charge is 0.312 e. The fourth-order valence-corrected chi connectivity index (χ4v) is 1.40. The van der Waals surface area contributed by atoms with Crippen LogP contribution in [0.3, 0.4) is 0 Å². The van der Waals surface area contributed by atoms with Crippen LogP contribution in [0.2, 0.25) is 0 Å². The molecule has 1 aliphatic carbocycles. The number of rotatable bonds is 1. The minimum atomic E-state index is -2.98. The van der Waals surface area contributed by atoms with E-state index in [0.29, 0.717) is 12.8 Å². The minimum absolute atomic E-state index is 0.113. The highest BCUT2D eigenvalue weighted by Gasteiger charge is 2.45. The predicted molar refractivity (Wildman–Crippen MR) is 34.5 cm³/mol. The second-order valence-corrected chi connectivity index (χ2v) is 2.90. The van der Waals surface area contributed by atoms with E-state index in [1.807, 2.05) is 0 Å². The van der Waals surface area contributed by atoms with E-state index in [0.717, 1.165) is 0 Å². The van der Waals surface area contributed by atoms with Gasteiger partial charge in [-0.15, -0.1) is 0 Å². The van der Waals surface area contributed by atoms with Gasteiger partial charge >= 0.3 is 5.97 Å². The largest absolute Gasteiger partial charge is 0.481 e. The summed E-state index contributed by atoms with van der Waals surface area (Å²) < 4.78 is 25.5. The van der Waals surface area contributed by atoms with Gasteiger partial charge in [0.2, 0.25) is 0 Å². The van der Waals surface area contributed by atoms with Crippen LogP contribution in [0.1, 0.15) is 25.7 Å². The van der Waals surface area contributed by atoms with Gasteiger partial charge in [0.05, 0.1) is 0 Å². The van der Waals surface area contributed by atoms with Gasteiger partial charge in [0.1, 0.15) is 5.92 Å². The number of hydrogen-bond acceptors (Lipinski definition) is 1. The molecule has 4 heteroatoms. The third-order valence-corrected chi connectivity index (χ3v) is 2.06. The Balaban J connectivity index is 2.67. The Hall–Kier alpha value is -0.670. The molecule has 0 amide bonds. The van der Waals surface area contributed by atoms with Crippen LogP contribution in [0.4, 0.5) is 8.78 Å². The average molecular weight is 164 g/mol. The molecule has 1 atom stereocenters. The molecule has 0 radical (unpaired) electrons. The molecule has 0 aromatic heterocycles. The first kappa shape index (κ1) is 8.43. The summed E-state index contributed by atoms with van der Waals surface area (Å²) in [4.78, 5) is 10.3. The number of carbonyl (C=O) groups is 1. The number of alkyl halides is 2. The normalized spacial score (nSPS) is 29.8. The molecule has 0 aliphatic heterocycles. The van der Waals surface area contributed by atoms with E-state index in [2.05, 4.69) is 0 Å². The van der Waals surface area contributed by atoms with E-state index in [4.69, 9.17) is 5.11 Å². The lowest BCUT2D eigenvalue weighted by Gasteiger charge is -2.27. The van der Waals surface area contributed by atoms with Gasteiger partial charge in [0.15, 0.2) is 0 Å². The first-order valence-corrected chi connectivity index (χ1v) is 3.64. The van der Waals surface area contributed by atoms with Crippen LogP contribution < -0.4 is 0 Å². The number of hydrogen-bond donors (Lipinski definition) is 1. The fraction of sp³-hybridized carbons (Fsp3) is 0.857. The number of carboxylic acid groups (broad SMARTS) is 1. The summed E-state index contributed by atoms with van der Waals surface area (Å²) in [6, 6.07) is 0. The van der Waals surface area contributed by atoms with E-state index < -0.39 is 17.8 Å². The van der Waals surface area contributed by atoms with Gasteiger partial charge in [-0.05, 0) is 12.8 Å². The Morgan fingerprint density at radius 2 is 2.09 bits per heavy atom. The highest BCUT2D eigenvalue weighted by Crippen LogP contribution is 2.38. The van der Waals surface area contributed by atoms with Crippen molar-refractivity contribution in [2.75, 3.05) is 0 Å². The fourth-order valence-electron chi connectivity index (χ4n) is 1.40. The molecular weight excluding hydrogens is 154 g/mol. The lowest BCUT2D eigenvalue weighted by atomic mass is 9.86. The Bertz CT molecular complexity index is 168. The Labute approximate surface area is 63.2 Å². The number of aliphatic carboxylic acids is 1. The number of carboxylic acids is 1. The third-order valence-electron chi connectivity index (χ3n) is 2.06. The van der Waals surface area contributed by atoms with Gasteiger partial charge in [0.25, 0.3) is 5.92 Å². The van der Waals surface area contributed by atoms with Crippen molar-refractivity contribution in [2.45, 2.75) is 31.6 Å². The third kappa shape index (κ3) is 1.67. The summed E-state index contributed by atoms with van der Waals surface area (Å²) in [5, 5.41) is 8.39. The molecule has 0 spiro atoms. The molecule has 0 saturated heterocycles. The molecule has 2 nitrogen and oxygen atoms in total. The van der Waals surface area contributed by atoms with E-state index in [9.17, 15) is 13.6 Å². The highest BCUT2D eigenvalue weighted by molar-refractivity contribution is 5.71. The second kappa shape index (κ2) is 2.75. The standard InChI is InChI=1S/C7H10F2O2/c8-7(9)4-2-1-3-5(7)6(10)11/h5H,1-4H2,(H,10,11)/t5-/m0/s1. The second-order valence-electron chi connectivity index (χ2n) is 2.90. The number of halogens is 2. The van der Waals surface area contributed by atoms with Crippen molar-refractivity contribution in [3.8, 4) is 0 Å². The van der Waals surface area contributed by atoms with Gasteiger partial charge in [-0.1, -0.05) is 6.42 Å². The highest BCUT2D eigenvalue weighted by atomic mass is 19.3. The van der Waals surface area contributed by atoms with Crippen LogP contribution in [0.25, 0.3) is 0 Å². The molecule has 11 heavy (non-hydrogen) atoms. The lowest BCUT2D eigenvalue weighted by Crippen LogP contribution is -2.37. The summed E-state index contributed by atoms with van der Waals surface area (Å²) in [5.41, 5.74) is 0. The molecule has 0 aromatic carbocycles. The Morgan fingerprint density at radius 1 is 1.45 bits per heavy atom. The zero-order chi connectivity index (χ0) is 8.48. The topological polar surface area (TPSA) is 37.3 Å². The van der Waals surface area contributed by atoms with Crippen LogP contribution in [0.15, 0.2) is 0 Å². The molecule has 1 rings (SSSR count). The van der Waals surface area contributed by atoms with Gasteiger partial charge in [-0.25, -0.2) is 8.78 Å². The van der Waals surface area contributed by atoms with Gasteiger partial charge in [-0.2, -0.15) is 0 Å². The van der Waals surface area contributed by atoms with Crippen molar-refractivity contribution < 1.29 is 18.7 Å². The molecular formula is C7H10F2O2. The Morgan fingerprint density at radius 3 is 2.45 bits per heavy atom. The maximum Gasteiger partial charge on any atom is 0.312 e. The van der Waals surface area contributed by atoms with Crippen LogP contribution >= 0.6 is 0 Å². The lowest BCUT2D eigenvalue weighted by molar-refractivity contribution is -0.162. The van der Waals surface area contributed by atoms with Crippen molar-refractivity contribution >= 4 is 5.97 Å². The van der Waals surface area contributed by atoms with Crippen LogP contribution in [0, 0.1) is 5.92 Å². The molecule has 0 heterocycles. The summed E-state index contributed by atoms with van der Waals surface area (Å²) >= 11 is 0. The maximum absolute atomic E-state index is 12.7. The van der Waals surface area contributed by atoms with Crippen molar-refractivity contribution in [3.05, 3.63) is 0 Å². The van der Waals surface area contributed by atoms with Gasteiger partial charge in [0, 0.05) is 6.42 Å². The molecule has 1 fully saturated rings. The van der Waals surface area contributed by atoms with E-state index in [1.165, 1.54) is 0 Å². The first-order valence-electron chi connectivity index (χ1n) is 3.64.